The molecule has 0 saturated carbocycles. The SMILES string of the molecule is OC1CCOC1SSc1ccccn1. The normalized spacial score (nSPS) is 26.6. The van der Waals surface area contributed by atoms with Crippen LogP contribution < -0.4 is 0 Å². The van der Waals surface area contributed by atoms with E-state index in [4.69, 9.17) is 4.74 Å². The second kappa shape index (κ2) is 5.02. The van der Waals surface area contributed by atoms with Crippen molar-refractivity contribution in [1.82, 2.24) is 4.98 Å². The van der Waals surface area contributed by atoms with E-state index >= 15 is 0 Å². The number of hydrogen-bond acceptors (Lipinski definition) is 5. The lowest BCUT2D eigenvalue weighted by molar-refractivity contribution is 0.103. The average molecular weight is 229 g/mol. The monoisotopic (exact) mass is 229 g/mol. The van der Waals surface area contributed by atoms with Gasteiger partial charge in [-0.1, -0.05) is 16.9 Å². The summed E-state index contributed by atoms with van der Waals surface area (Å²) in [5.41, 5.74) is -0.109. The van der Waals surface area contributed by atoms with Crippen molar-refractivity contribution in [1.29, 1.82) is 0 Å². The fraction of sp³-hybridized carbons (Fsp3) is 0.444. The number of pyridine rings is 1. The minimum Gasteiger partial charge on any atom is -0.389 e. The highest BCUT2D eigenvalue weighted by molar-refractivity contribution is 8.76. The molecule has 2 unspecified atom stereocenters. The van der Waals surface area contributed by atoms with Crippen LogP contribution in [0.1, 0.15) is 6.42 Å². The predicted molar refractivity (Wildman–Crippen MR) is 58.0 cm³/mol. The molecule has 14 heavy (non-hydrogen) atoms. The molecule has 1 aliphatic rings. The van der Waals surface area contributed by atoms with Gasteiger partial charge in [0.15, 0.2) is 0 Å². The minimum atomic E-state index is -0.337. The van der Waals surface area contributed by atoms with E-state index in [9.17, 15) is 5.11 Å². The molecule has 1 aromatic rings. The summed E-state index contributed by atoms with van der Waals surface area (Å²) in [5.74, 6) is 0. The van der Waals surface area contributed by atoms with Crippen LogP contribution in [0.3, 0.4) is 0 Å². The maximum absolute atomic E-state index is 9.49. The largest absolute Gasteiger partial charge is 0.389 e. The Morgan fingerprint density at radius 2 is 2.43 bits per heavy atom. The molecule has 0 aliphatic carbocycles. The van der Waals surface area contributed by atoms with Crippen LogP contribution in [-0.2, 0) is 4.74 Å². The van der Waals surface area contributed by atoms with Crippen molar-refractivity contribution in [3.63, 3.8) is 0 Å². The predicted octanol–water partition coefficient (Wildman–Crippen LogP) is 1.93. The molecule has 0 radical (unpaired) electrons. The Labute approximate surface area is 90.7 Å². The van der Waals surface area contributed by atoms with Crippen LogP contribution >= 0.6 is 21.6 Å². The Kier molecular flexibility index (Phi) is 3.69. The molecule has 1 N–H and O–H groups in total. The number of rotatable bonds is 3. The third-order valence-electron chi connectivity index (χ3n) is 1.88. The molecule has 1 fully saturated rings. The van der Waals surface area contributed by atoms with Gasteiger partial charge in [-0.3, -0.25) is 0 Å². The summed E-state index contributed by atoms with van der Waals surface area (Å²) in [6, 6.07) is 5.77. The topological polar surface area (TPSA) is 42.4 Å². The van der Waals surface area contributed by atoms with Crippen molar-refractivity contribution in [2.45, 2.75) is 23.0 Å². The van der Waals surface area contributed by atoms with Crippen LogP contribution in [0.15, 0.2) is 29.4 Å². The van der Waals surface area contributed by atoms with Crippen LogP contribution in [0.4, 0.5) is 0 Å². The zero-order chi connectivity index (χ0) is 9.80. The molecule has 1 saturated heterocycles. The van der Waals surface area contributed by atoms with Crippen molar-refractivity contribution < 1.29 is 9.84 Å². The summed E-state index contributed by atoms with van der Waals surface area (Å²) in [5, 5.41) is 10.4. The summed E-state index contributed by atoms with van der Waals surface area (Å²) in [6.45, 7) is 0.654. The molecule has 0 aromatic carbocycles. The molecule has 1 aromatic heterocycles. The molecule has 3 nitrogen and oxygen atoms in total. The van der Waals surface area contributed by atoms with Crippen molar-refractivity contribution in [2.75, 3.05) is 6.61 Å². The second-order valence-electron chi connectivity index (χ2n) is 2.94. The number of hydrogen-bond donors (Lipinski definition) is 1. The zero-order valence-electron chi connectivity index (χ0n) is 7.50. The first-order valence-corrected chi connectivity index (χ1v) is 6.61. The highest BCUT2D eigenvalue weighted by atomic mass is 33.1. The highest BCUT2D eigenvalue weighted by Gasteiger charge is 2.26. The summed E-state index contributed by atoms with van der Waals surface area (Å²) in [6.07, 6.45) is 2.16. The summed E-state index contributed by atoms with van der Waals surface area (Å²) >= 11 is 0. The van der Waals surface area contributed by atoms with Gasteiger partial charge < -0.3 is 9.84 Å². The average Bonchev–Trinajstić information content (AvgIpc) is 2.63. The summed E-state index contributed by atoms with van der Waals surface area (Å²) in [7, 11) is 3.07. The van der Waals surface area contributed by atoms with E-state index in [2.05, 4.69) is 4.98 Å². The fourth-order valence-corrected chi connectivity index (χ4v) is 3.41. The molecule has 0 spiro atoms. The maximum Gasteiger partial charge on any atom is 0.139 e. The third-order valence-corrected chi connectivity index (χ3v) is 4.39. The van der Waals surface area contributed by atoms with E-state index in [-0.39, 0.29) is 11.5 Å². The number of aromatic nitrogens is 1. The van der Waals surface area contributed by atoms with Crippen molar-refractivity contribution >= 4 is 21.6 Å². The van der Waals surface area contributed by atoms with E-state index in [0.29, 0.717) is 6.61 Å². The van der Waals surface area contributed by atoms with Crippen LogP contribution in [-0.4, -0.2) is 28.2 Å². The lowest BCUT2D eigenvalue weighted by Gasteiger charge is -2.11. The van der Waals surface area contributed by atoms with Gasteiger partial charge >= 0.3 is 0 Å². The van der Waals surface area contributed by atoms with Crippen molar-refractivity contribution in [3.8, 4) is 0 Å². The Bertz CT molecular complexity index is 283. The molecular weight excluding hydrogens is 218 g/mol. The van der Waals surface area contributed by atoms with E-state index in [0.717, 1.165) is 11.4 Å². The van der Waals surface area contributed by atoms with Gasteiger partial charge in [0.25, 0.3) is 0 Å². The van der Waals surface area contributed by atoms with Crippen LogP contribution in [0, 0.1) is 0 Å². The smallest absolute Gasteiger partial charge is 0.139 e. The van der Waals surface area contributed by atoms with E-state index in [1.807, 2.05) is 18.2 Å². The van der Waals surface area contributed by atoms with Gasteiger partial charge in [0.2, 0.25) is 0 Å². The molecule has 2 atom stereocenters. The first-order valence-electron chi connectivity index (χ1n) is 4.40. The van der Waals surface area contributed by atoms with E-state index in [1.54, 1.807) is 17.0 Å². The lowest BCUT2D eigenvalue weighted by Crippen LogP contribution is -2.15. The number of ether oxygens (including phenoxy) is 1. The van der Waals surface area contributed by atoms with E-state index < -0.39 is 0 Å². The Hall–Kier alpha value is -0.230. The van der Waals surface area contributed by atoms with Gasteiger partial charge in [-0.2, -0.15) is 0 Å². The summed E-state index contributed by atoms with van der Waals surface area (Å²) in [4.78, 5) is 4.17. The van der Waals surface area contributed by atoms with Gasteiger partial charge in [0.1, 0.15) is 10.5 Å². The van der Waals surface area contributed by atoms with Gasteiger partial charge in [-0.05, 0) is 22.9 Å². The lowest BCUT2D eigenvalue weighted by atomic mass is 10.3. The number of aliphatic hydroxyl groups excluding tert-OH is 1. The molecule has 5 heteroatoms. The van der Waals surface area contributed by atoms with Gasteiger partial charge in [-0.25, -0.2) is 4.98 Å². The first-order chi connectivity index (χ1) is 6.86. The van der Waals surface area contributed by atoms with E-state index in [1.165, 1.54) is 10.8 Å². The van der Waals surface area contributed by atoms with Gasteiger partial charge in [0.05, 0.1) is 12.7 Å². The van der Waals surface area contributed by atoms with Gasteiger partial charge in [0, 0.05) is 12.6 Å². The standard InChI is InChI=1S/C9H11NO2S2/c11-7-4-6-12-9(7)14-13-8-3-1-2-5-10-8/h1-3,5,7,9,11H,4,6H2. The number of nitrogens with zero attached hydrogens (tertiary/aromatic N) is 1. The third kappa shape index (κ3) is 2.63. The first kappa shape index (κ1) is 10.3. The second-order valence-corrected chi connectivity index (χ2v) is 5.26. The Morgan fingerprint density at radius 3 is 3.07 bits per heavy atom. The summed E-state index contributed by atoms with van der Waals surface area (Å²) < 4.78 is 5.35. The molecule has 0 bridgehead atoms. The van der Waals surface area contributed by atoms with Crippen LogP contribution in [0.5, 0.6) is 0 Å². The van der Waals surface area contributed by atoms with Crippen LogP contribution in [0.2, 0.25) is 0 Å². The zero-order valence-corrected chi connectivity index (χ0v) is 9.13. The molecule has 76 valence electrons. The molecule has 0 amide bonds. The number of aliphatic hydroxyl groups is 1. The molecule has 2 heterocycles. The van der Waals surface area contributed by atoms with Crippen molar-refractivity contribution in [2.24, 2.45) is 0 Å². The molecular formula is C9H11NO2S2. The van der Waals surface area contributed by atoms with Crippen molar-refractivity contribution in [3.05, 3.63) is 24.4 Å². The van der Waals surface area contributed by atoms with Gasteiger partial charge in [-0.15, -0.1) is 0 Å². The highest BCUT2D eigenvalue weighted by Crippen LogP contribution is 2.37. The molecule has 2 rings (SSSR count). The quantitative estimate of drug-likeness (QED) is 0.802. The van der Waals surface area contributed by atoms with Crippen LogP contribution in [0.25, 0.3) is 0 Å². The maximum atomic E-state index is 9.49. The molecule has 1 aliphatic heterocycles. The Balaban J connectivity index is 1.82. The fourth-order valence-electron chi connectivity index (χ4n) is 1.14. The Morgan fingerprint density at radius 1 is 1.50 bits per heavy atom. The minimum absolute atomic E-state index is 0.109.